The topological polar surface area (TPSA) is 76.1 Å². The van der Waals surface area contributed by atoms with Crippen LogP contribution in [0.25, 0.3) is 0 Å². The Kier molecular flexibility index (Phi) is 6.55. The molecule has 6 N–H and O–H groups in total. The van der Waals surface area contributed by atoms with E-state index >= 15 is 0 Å². The summed E-state index contributed by atoms with van der Waals surface area (Å²) < 4.78 is 0. The van der Waals surface area contributed by atoms with Gasteiger partial charge in [0.15, 0.2) is 7.28 Å². The van der Waals surface area contributed by atoms with E-state index in [2.05, 4.69) is 10.6 Å². The highest BCUT2D eigenvalue weighted by atomic mass is 15.0. The van der Waals surface area contributed by atoms with E-state index in [9.17, 15) is 0 Å². The van der Waals surface area contributed by atoms with Crippen molar-refractivity contribution in [2.45, 2.75) is 26.0 Å². The molecule has 0 bridgehead atoms. The van der Waals surface area contributed by atoms with E-state index in [-0.39, 0.29) is 12.1 Å². The minimum absolute atomic E-state index is 0.117. The summed E-state index contributed by atoms with van der Waals surface area (Å²) in [4.78, 5) is 0. The maximum Gasteiger partial charge on any atom is 0.194 e. The van der Waals surface area contributed by atoms with Crippen molar-refractivity contribution in [3.63, 3.8) is 0 Å². The first-order chi connectivity index (χ1) is 5.20. The highest BCUT2D eigenvalue weighted by Gasteiger charge is 2.08. The Hall–Kier alpha value is -0.0951. The highest BCUT2D eigenvalue weighted by Crippen LogP contribution is 1.72. The van der Waals surface area contributed by atoms with Gasteiger partial charge in [-0.15, -0.1) is 0 Å². The predicted octanol–water partition coefficient (Wildman–Crippen LogP) is -1.61. The molecule has 0 rings (SSSR count). The molecule has 0 aliphatic rings. The average Bonchev–Trinajstić information content (AvgIpc) is 1.87. The number of hydrogen-bond acceptors (Lipinski definition) is 4. The zero-order chi connectivity index (χ0) is 8.69. The number of hydrogen-bond donors (Lipinski definition) is 4. The normalized spacial score (nSPS) is 16.0. The summed E-state index contributed by atoms with van der Waals surface area (Å²) in [6, 6.07) is -0.233. The SMILES string of the molecule is CCNC(N)[B]C(N)NCC. The first-order valence-electron chi connectivity index (χ1n) is 4.03. The van der Waals surface area contributed by atoms with Crippen molar-refractivity contribution in [3.05, 3.63) is 0 Å². The van der Waals surface area contributed by atoms with Gasteiger partial charge in [0.05, 0.1) is 0 Å². The standard InChI is InChI=1S/C6H18BN4/c1-3-10-5(8)7-6(9)11-4-2/h5-6,10-11H,3-4,8-9H2,1-2H3. The third-order valence-corrected chi connectivity index (χ3v) is 1.29. The first-order valence-corrected chi connectivity index (χ1v) is 4.03. The van der Waals surface area contributed by atoms with Crippen LogP contribution in [0.15, 0.2) is 0 Å². The second-order valence-corrected chi connectivity index (χ2v) is 2.36. The molecular formula is C6H18BN4. The van der Waals surface area contributed by atoms with Gasteiger partial charge in [0.1, 0.15) is 0 Å². The smallest absolute Gasteiger partial charge is 0.194 e. The van der Waals surface area contributed by atoms with Crippen LogP contribution in [-0.4, -0.2) is 32.5 Å². The lowest BCUT2D eigenvalue weighted by molar-refractivity contribution is 0.632. The second kappa shape index (κ2) is 6.60. The van der Waals surface area contributed by atoms with Crippen LogP contribution in [0.1, 0.15) is 13.8 Å². The summed E-state index contributed by atoms with van der Waals surface area (Å²) in [7, 11) is 1.84. The van der Waals surface area contributed by atoms with Crippen LogP contribution in [0.2, 0.25) is 0 Å². The molecule has 0 amide bonds. The van der Waals surface area contributed by atoms with E-state index in [0.29, 0.717) is 0 Å². The summed E-state index contributed by atoms with van der Waals surface area (Å²) >= 11 is 0. The first kappa shape index (κ1) is 10.9. The van der Waals surface area contributed by atoms with E-state index < -0.39 is 0 Å². The van der Waals surface area contributed by atoms with Crippen LogP contribution in [0.4, 0.5) is 0 Å². The summed E-state index contributed by atoms with van der Waals surface area (Å²) in [6.07, 6.45) is 0. The van der Waals surface area contributed by atoms with Gasteiger partial charge in [-0.2, -0.15) is 0 Å². The summed E-state index contributed by atoms with van der Waals surface area (Å²) in [5.74, 6) is 0. The molecule has 0 saturated heterocycles. The van der Waals surface area contributed by atoms with E-state index in [1.807, 2.05) is 21.1 Å². The predicted molar refractivity (Wildman–Crippen MR) is 49.1 cm³/mol. The molecule has 0 aromatic rings. The molecule has 0 spiro atoms. The van der Waals surface area contributed by atoms with Gasteiger partial charge in [0.25, 0.3) is 0 Å². The van der Waals surface area contributed by atoms with E-state index in [1.165, 1.54) is 0 Å². The Balaban J connectivity index is 3.32. The minimum atomic E-state index is -0.117. The van der Waals surface area contributed by atoms with Gasteiger partial charge >= 0.3 is 0 Å². The largest absolute Gasteiger partial charge is 0.323 e. The van der Waals surface area contributed by atoms with Crippen molar-refractivity contribution < 1.29 is 0 Å². The van der Waals surface area contributed by atoms with E-state index in [4.69, 9.17) is 11.5 Å². The fraction of sp³-hybridized carbons (Fsp3) is 1.00. The van der Waals surface area contributed by atoms with Gasteiger partial charge in [0, 0.05) is 12.1 Å². The number of rotatable bonds is 6. The van der Waals surface area contributed by atoms with Gasteiger partial charge in [-0.05, 0) is 13.1 Å². The summed E-state index contributed by atoms with van der Waals surface area (Å²) in [5.41, 5.74) is 11.3. The molecule has 0 aliphatic carbocycles. The molecule has 11 heavy (non-hydrogen) atoms. The van der Waals surface area contributed by atoms with Gasteiger partial charge in [0.2, 0.25) is 0 Å². The Bertz CT molecular complexity index is 80.7. The number of nitrogens with one attached hydrogen (secondary N) is 2. The third kappa shape index (κ3) is 6.31. The molecule has 4 nitrogen and oxygen atoms in total. The Morgan fingerprint density at radius 1 is 1.09 bits per heavy atom. The highest BCUT2D eigenvalue weighted by molar-refractivity contribution is 6.39. The second-order valence-electron chi connectivity index (χ2n) is 2.36. The number of nitrogens with two attached hydrogens (primary N) is 2. The van der Waals surface area contributed by atoms with Crippen LogP contribution >= 0.6 is 0 Å². The van der Waals surface area contributed by atoms with Crippen molar-refractivity contribution in [1.82, 2.24) is 10.6 Å². The van der Waals surface area contributed by atoms with Crippen LogP contribution < -0.4 is 22.1 Å². The molecule has 0 fully saturated rings. The van der Waals surface area contributed by atoms with Crippen LogP contribution in [0, 0.1) is 0 Å². The molecule has 2 unspecified atom stereocenters. The Morgan fingerprint density at radius 2 is 1.45 bits per heavy atom. The van der Waals surface area contributed by atoms with Gasteiger partial charge in [-0.3, -0.25) is 0 Å². The fourth-order valence-corrected chi connectivity index (χ4v) is 0.831. The quantitative estimate of drug-likeness (QED) is 0.276. The molecule has 65 valence electrons. The van der Waals surface area contributed by atoms with Crippen LogP contribution in [0.3, 0.4) is 0 Å². The third-order valence-electron chi connectivity index (χ3n) is 1.29. The molecule has 0 saturated carbocycles. The molecule has 2 atom stereocenters. The fourth-order valence-electron chi connectivity index (χ4n) is 0.831. The zero-order valence-electron chi connectivity index (χ0n) is 7.30. The van der Waals surface area contributed by atoms with Gasteiger partial charge in [-0.1, -0.05) is 13.8 Å². The lowest BCUT2D eigenvalue weighted by Crippen LogP contribution is -2.54. The van der Waals surface area contributed by atoms with Crippen molar-refractivity contribution >= 4 is 7.28 Å². The van der Waals surface area contributed by atoms with Crippen molar-refractivity contribution in [2.24, 2.45) is 11.5 Å². The Morgan fingerprint density at radius 3 is 1.73 bits per heavy atom. The average molecular weight is 157 g/mol. The molecule has 0 heterocycles. The monoisotopic (exact) mass is 157 g/mol. The maximum atomic E-state index is 5.63. The molecule has 1 radical (unpaired) electrons. The van der Waals surface area contributed by atoms with Crippen molar-refractivity contribution in [3.8, 4) is 0 Å². The van der Waals surface area contributed by atoms with Crippen molar-refractivity contribution in [1.29, 1.82) is 0 Å². The molecule has 5 heteroatoms. The molecular weight excluding hydrogens is 139 g/mol. The zero-order valence-corrected chi connectivity index (χ0v) is 7.30. The van der Waals surface area contributed by atoms with E-state index in [0.717, 1.165) is 13.1 Å². The molecule has 0 aromatic carbocycles. The van der Waals surface area contributed by atoms with Gasteiger partial charge < -0.3 is 22.1 Å². The maximum absolute atomic E-state index is 5.63. The van der Waals surface area contributed by atoms with Crippen LogP contribution in [0.5, 0.6) is 0 Å². The lowest BCUT2D eigenvalue weighted by Gasteiger charge is -2.16. The van der Waals surface area contributed by atoms with Crippen molar-refractivity contribution in [2.75, 3.05) is 13.1 Å². The molecule has 0 aliphatic heterocycles. The summed E-state index contributed by atoms with van der Waals surface area (Å²) in [6.45, 7) is 5.73. The minimum Gasteiger partial charge on any atom is -0.323 e. The van der Waals surface area contributed by atoms with Gasteiger partial charge in [-0.25, -0.2) is 0 Å². The lowest BCUT2D eigenvalue weighted by atomic mass is 9.71. The van der Waals surface area contributed by atoms with E-state index in [1.54, 1.807) is 0 Å². The summed E-state index contributed by atoms with van der Waals surface area (Å²) in [5, 5.41) is 6.07. The Labute approximate surface area is 69.3 Å². The molecule has 0 aromatic heterocycles. The van der Waals surface area contributed by atoms with Crippen LogP contribution in [-0.2, 0) is 0 Å².